The summed E-state index contributed by atoms with van der Waals surface area (Å²) >= 11 is 0. The van der Waals surface area contributed by atoms with E-state index in [0.29, 0.717) is 17.0 Å². The molecule has 10 heteroatoms. The SMILES string of the molecule is Cc1cncc(S(=O)(=O)c2ccc(CNC(=O)c3cnc4nccn4c3)cc2)n1. The summed E-state index contributed by atoms with van der Waals surface area (Å²) in [6.07, 6.45) is 9.12. The summed E-state index contributed by atoms with van der Waals surface area (Å²) in [4.78, 5) is 28.5. The highest BCUT2D eigenvalue weighted by molar-refractivity contribution is 7.91. The number of benzene rings is 1. The molecule has 1 N–H and O–H groups in total. The predicted octanol–water partition coefficient (Wildman–Crippen LogP) is 1.59. The van der Waals surface area contributed by atoms with Crippen LogP contribution in [-0.4, -0.2) is 38.7 Å². The maximum atomic E-state index is 12.6. The van der Waals surface area contributed by atoms with Crippen molar-refractivity contribution in [3.63, 3.8) is 0 Å². The molecule has 3 heterocycles. The Labute approximate surface area is 166 Å². The lowest BCUT2D eigenvalue weighted by molar-refractivity contribution is 0.0950. The number of hydrogen-bond acceptors (Lipinski definition) is 7. The molecule has 1 aromatic carbocycles. The van der Waals surface area contributed by atoms with E-state index in [1.54, 1.807) is 42.0 Å². The quantitative estimate of drug-likeness (QED) is 0.532. The number of rotatable bonds is 5. The van der Waals surface area contributed by atoms with Crippen molar-refractivity contribution in [2.75, 3.05) is 0 Å². The van der Waals surface area contributed by atoms with Crippen LogP contribution in [0, 0.1) is 6.92 Å². The first-order chi connectivity index (χ1) is 13.9. The minimum absolute atomic E-state index is 0.0963. The van der Waals surface area contributed by atoms with E-state index in [4.69, 9.17) is 0 Å². The summed E-state index contributed by atoms with van der Waals surface area (Å²) in [5, 5.41) is 2.69. The maximum absolute atomic E-state index is 12.6. The summed E-state index contributed by atoms with van der Waals surface area (Å²) in [5.74, 6) is 0.219. The molecule has 0 atom stereocenters. The Hall–Kier alpha value is -3.66. The number of nitrogens with zero attached hydrogens (tertiary/aromatic N) is 5. The summed E-state index contributed by atoms with van der Waals surface area (Å²) in [5.41, 5.74) is 1.67. The van der Waals surface area contributed by atoms with Crippen molar-refractivity contribution in [2.24, 2.45) is 0 Å². The zero-order valence-electron chi connectivity index (χ0n) is 15.3. The van der Waals surface area contributed by atoms with Crippen molar-refractivity contribution in [3.05, 3.63) is 78.3 Å². The number of nitrogens with one attached hydrogen (secondary N) is 1. The Balaban J connectivity index is 1.46. The number of aryl methyl sites for hydroxylation is 1. The summed E-state index contributed by atoms with van der Waals surface area (Å²) in [6.45, 7) is 1.92. The van der Waals surface area contributed by atoms with Crippen LogP contribution in [0.4, 0.5) is 0 Å². The van der Waals surface area contributed by atoms with Gasteiger partial charge < -0.3 is 5.32 Å². The molecule has 0 aliphatic carbocycles. The molecule has 4 rings (SSSR count). The molecule has 1 amide bonds. The van der Waals surface area contributed by atoms with Crippen LogP contribution in [0.2, 0.25) is 0 Å². The van der Waals surface area contributed by atoms with E-state index in [9.17, 15) is 13.2 Å². The highest BCUT2D eigenvalue weighted by atomic mass is 32.2. The zero-order valence-corrected chi connectivity index (χ0v) is 16.2. The molecule has 0 spiro atoms. The van der Waals surface area contributed by atoms with Gasteiger partial charge in [-0.25, -0.2) is 23.4 Å². The Bertz CT molecular complexity index is 1300. The highest BCUT2D eigenvalue weighted by Crippen LogP contribution is 2.19. The molecule has 4 aromatic rings. The van der Waals surface area contributed by atoms with E-state index >= 15 is 0 Å². The van der Waals surface area contributed by atoms with Crippen LogP contribution >= 0.6 is 0 Å². The van der Waals surface area contributed by atoms with E-state index in [-0.39, 0.29) is 22.4 Å². The van der Waals surface area contributed by atoms with Crippen LogP contribution in [0.1, 0.15) is 21.6 Å². The Morgan fingerprint density at radius 2 is 1.90 bits per heavy atom. The van der Waals surface area contributed by atoms with E-state index in [1.165, 1.54) is 30.7 Å². The van der Waals surface area contributed by atoms with Gasteiger partial charge in [0.05, 0.1) is 22.3 Å². The van der Waals surface area contributed by atoms with Crippen molar-refractivity contribution in [1.29, 1.82) is 0 Å². The molecule has 0 fully saturated rings. The van der Waals surface area contributed by atoms with Gasteiger partial charge in [-0.2, -0.15) is 0 Å². The van der Waals surface area contributed by atoms with Gasteiger partial charge in [0.15, 0.2) is 5.03 Å². The van der Waals surface area contributed by atoms with Crippen molar-refractivity contribution < 1.29 is 13.2 Å². The first kappa shape index (κ1) is 18.7. The number of sulfone groups is 1. The second-order valence-corrected chi connectivity index (χ2v) is 8.20. The van der Waals surface area contributed by atoms with E-state index < -0.39 is 9.84 Å². The maximum Gasteiger partial charge on any atom is 0.254 e. The van der Waals surface area contributed by atoms with Crippen LogP contribution in [0.15, 0.2) is 71.4 Å². The largest absolute Gasteiger partial charge is 0.348 e. The normalized spacial score (nSPS) is 11.5. The standard InChI is InChI=1S/C19H16N6O3S/c1-13-8-20-11-17(24-13)29(27,28)16-4-2-14(3-5-16)9-22-18(26)15-10-23-19-21-6-7-25(19)12-15/h2-8,10-12H,9H2,1H3,(H,22,26). The number of fused-ring (bicyclic) bond motifs is 1. The van der Waals surface area contributed by atoms with Gasteiger partial charge in [-0.3, -0.25) is 14.2 Å². The summed E-state index contributed by atoms with van der Waals surface area (Å²) < 4.78 is 26.9. The number of hydrogen-bond donors (Lipinski definition) is 1. The van der Waals surface area contributed by atoms with Crippen LogP contribution in [-0.2, 0) is 16.4 Å². The first-order valence-electron chi connectivity index (χ1n) is 8.63. The van der Waals surface area contributed by atoms with Crippen LogP contribution in [0.5, 0.6) is 0 Å². The molecular formula is C19H16N6O3S. The second kappa shape index (κ2) is 7.40. The fraction of sp³-hybridized carbons (Fsp3) is 0.105. The van der Waals surface area contributed by atoms with Crippen molar-refractivity contribution in [1.82, 2.24) is 29.7 Å². The van der Waals surface area contributed by atoms with Crippen molar-refractivity contribution in [2.45, 2.75) is 23.4 Å². The molecule has 0 saturated carbocycles. The second-order valence-electron chi connectivity index (χ2n) is 6.31. The van der Waals surface area contributed by atoms with Gasteiger partial charge in [0.2, 0.25) is 15.6 Å². The molecule has 29 heavy (non-hydrogen) atoms. The minimum Gasteiger partial charge on any atom is -0.348 e. The molecule has 0 unspecified atom stereocenters. The Kier molecular flexibility index (Phi) is 4.77. The number of carbonyl (C=O) groups is 1. The summed E-state index contributed by atoms with van der Waals surface area (Å²) in [7, 11) is -3.75. The third-order valence-corrected chi connectivity index (χ3v) is 5.84. The van der Waals surface area contributed by atoms with Gasteiger partial charge in [0.1, 0.15) is 0 Å². The lowest BCUT2D eigenvalue weighted by Crippen LogP contribution is -2.23. The highest BCUT2D eigenvalue weighted by Gasteiger charge is 2.19. The lowest BCUT2D eigenvalue weighted by atomic mass is 10.2. The number of aromatic nitrogens is 5. The Morgan fingerprint density at radius 3 is 2.66 bits per heavy atom. The van der Waals surface area contributed by atoms with Crippen LogP contribution < -0.4 is 5.32 Å². The van der Waals surface area contributed by atoms with Gasteiger partial charge in [-0.1, -0.05) is 12.1 Å². The molecule has 0 aliphatic rings. The van der Waals surface area contributed by atoms with Crippen molar-refractivity contribution in [3.8, 4) is 0 Å². The molecule has 9 nitrogen and oxygen atoms in total. The molecule has 3 aromatic heterocycles. The number of carbonyl (C=O) groups excluding carboxylic acids is 1. The van der Waals surface area contributed by atoms with Gasteiger partial charge in [-0.05, 0) is 24.6 Å². The minimum atomic E-state index is -3.75. The van der Waals surface area contributed by atoms with E-state index in [0.717, 1.165) is 5.56 Å². The molecule has 0 bridgehead atoms. The van der Waals surface area contributed by atoms with E-state index in [1.807, 2.05) is 0 Å². The molecule has 0 radical (unpaired) electrons. The third-order valence-electron chi connectivity index (χ3n) is 4.20. The number of imidazole rings is 1. The van der Waals surface area contributed by atoms with Gasteiger partial charge in [0, 0.05) is 37.5 Å². The topological polar surface area (TPSA) is 119 Å². The third kappa shape index (κ3) is 3.83. The van der Waals surface area contributed by atoms with Gasteiger partial charge in [0.25, 0.3) is 5.91 Å². The average molecular weight is 408 g/mol. The number of amides is 1. The van der Waals surface area contributed by atoms with Crippen molar-refractivity contribution >= 4 is 21.5 Å². The van der Waals surface area contributed by atoms with Gasteiger partial charge >= 0.3 is 0 Å². The Morgan fingerprint density at radius 1 is 1.10 bits per heavy atom. The average Bonchev–Trinajstić information content (AvgIpc) is 3.20. The van der Waals surface area contributed by atoms with E-state index in [2.05, 4.69) is 25.3 Å². The molecule has 146 valence electrons. The first-order valence-corrected chi connectivity index (χ1v) is 10.1. The fourth-order valence-electron chi connectivity index (χ4n) is 2.70. The lowest BCUT2D eigenvalue weighted by Gasteiger charge is -2.08. The van der Waals surface area contributed by atoms with Crippen LogP contribution in [0.25, 0.3) is 5.78 Å². The van der Waals surface area contributed by atoms with Crippen LogP contribution in [0.3, 0.4) is 0 Å². The molecular weight excluding hydrogens is 392 g/mol. The zero-order chi connectivity index (χ0) is 20.4. The fourth-order valence-corrected chi connectivity index (χ4v) is 3.89. The smallest absolute Gasteiger partial charge is 0.254 e. The monoisotopic (exact) mass is 408 g/mol. The molecule has 0 aliphatic heterocycles. The van der Waals surface area contributed by atoms with Gasteiger partial charge in [-0.15, -0.1) is 0 Å². The molecule has 0 saturated heterocycles. The predicted molar refractivity (Wildman–Crippen MR) is 103 cm³/mol. The summed E-state index contributed by atoms with van der Waals surface area (Å²) in [6, 6.07) is 6.27.